The largest absolute Gasteiger partial charge is 0.493 e. The Morgan fingerprint density at radius 3 is 2.88 bits per heavy atom. The number of hydrogen-bond acceptors (Lipinski definition) is 4. The lowest BCUT2D eigenvalue weighted by Crippen LogP contribution is -2.53. The van der Waals surface area contributed by atoms with Crippen LogP contribution in [-0.4, -0.2) is 41.7 Å². The molecule has 1 saturated heterocycles. The third-order valence-electron chi connectivity index (χ3n) is 2.72. The standard InChI is InChI=1S/C12H16N2O3/c1-2-17-10-5-3-4-9(13)11(10)12(16)14-6-8(15)7-14/h3-5,8,15H,2,6-7,13H2,1H3. The Morgan fingerprint density at radius 2 is 2.29 bits per heavy atom. The highest BCUT2D eigenvalue weighted by atomic mass is 16.5. The van der Waals surface area contributed by atoms with Gasteiger partial charge in [-0.2, -0.15) is 0 Å². The van der Waals surface area contributed by atoms with Gasteiger partial charge in [-0.3, -0.25) is 4.79 Å². The highest BCUT2D eigenvalue weighted by Crippen LogP contribution is 2.27. The second kappa shape index (κ2) is 4.63. The zero-order valence-electron chi connectivity index (χ0n) is 9.72. The molecule has 1 fully saturated rings. The molecule has 0 saturated carbocycles. The number of aliphatic hydroxyl groups excluding tert-OH is 1. The molecule has 1 aliphatic heterocycles. The van der Waals surface area contributed by atoms with Crippen LogP contribution in [0.3, 0.4) is 0 Å². The van der Waals surface area contributed by atoms with Crippen LogP contribution in [0.5, 0.6) is 5.75 Å². The van der Waals surface area contributed by atoms with Crippen molar-refractivity contribution in [1.82, 2.24) is 4.90 Å². The van der Waals surface area contributed by atoms with Gasteiger partial charge in [-0.05, 0) is 19.1 Å². The number of benzene rings is 1. The van der Waals surface area contributed by atoms with E-state index in [1.165, 1.54) is 0 Å². The maximum Gasteiger partial charge on any atom is 0.259 e. The molecule has 0 atom stereocenters. The van der Waals surface area contributed by atoms with Crippen molar-refractivity contribution in [2.45, 2.75) is 13.0 Å². The number of likely N-dealkylation sites (tertiary alicyclic amines) is 1. The van der Waals surface area contributed by atoms with Crippen LogP contribution in [0.4, 0.5) is 5.69 Å². The molecule has 2 rings (SSSR count). The Bertz CT molecular complexity index is 428. The normalized spacial score (nSPS) is 15.5. The molecule has 0 spiro atoms. The maximum atomic E-state index is 12.1. The van der Waals surface area contributed by atoms with Gasteiger partial charge in [0.2, 0.25) is 0 Å². The van der Waals surface area contributed by atoms with E-state index in [1.807, 2.05) is 6.92 Å². The number of carbonyl (C=O) groups excluding carboxylic acids is 1. The van der Waals surface area contributed by atoms with Crippen LogP contribution in [-0.2, 0) is 0 Å². The summed E-state index contributed by atoms with van der Waals surface area (Å²) >= 11 is 0. The summed E-state index contributed by atoms with van der Waals surface area (Å²) in [6.45, 7) is 3.05. The smallest absolute Gasteiger partial charge is 0.259 e. The average molecular weight is 236 g/mol. The maximum absolute atomic E-state index is 12.1. The summed E-state index contributed by atoms with van der Waals surface area (Å²) in [4.78, 5) is 13.7. The molecular weight excluding hydrogens is 220 g/mol. The van der Waals surface area contributed by atoms with Crippen LogP contribution < -0.4 is 10.5 Å². The van der Waals surface area contributed by atoms with Gasteiger partial charge >= 0.3 is 0 Å². The summed E-state index contributed by atoms with van der Waals surface area (Å²) in [5.41, 5.74) is 6.61. The van der Waals surface area contributed by atoms with Gasteiger partial charge < -0.3 is 20.5 Å². The average Bonchev–Trinajstić information content (AvgIpc) is 2.25. The first-order valence-electron chi connectivity index (χ1n) is 5.62. The number of hydrogen-bond donors (Lipinski definition) is 2. The molecule has 92 valence electrons. The SMILES string of the molecule is CCOc1cccc(N)c1C(=O)N1CC(O)C1. The van der Waals surface area contributed by atoms with Crippen molar-refractivity contribution in [1.29, 1.82) is 0 Å². The third kappa shape index (κ3) is 2.19. The third-order valence-corrected chi connectivity index (χ3v) is 2.72. The highest BCUT2D eigenvalue weighted by molar-refractivity contribution is 6.02. The molecule has 0 bridgehead atoms. The van der Waals surface area contributed by atoms with Gasteiger partial charge in [-0.15, -0.1) is 0 Å². The lowest BCUT2D eigenvalue weighted by atomic mass is 10.1. The molecule has 1 amide bonds. The molecule has 1 aliphatic rings. The highest BCUT2D eigenvalue weighted by Gasteiger charge is 2.31. The molecule has 17 heavy (non-hydrogen) atoms. The summed E-state index contributed by atoms with van der Waals surface area (Å²) in [6.07, 6.45) is -0.417. The van der Waals surface area contributed by atoms with Crippen LogP contribution in [0.1, 0.15) is 17.3 Å². The number of nitrogens with zero attached hydrogens (tertiary/aromatic N) is 1. The molecule has 1 aromatic carbocycles. The number of carbonyl (C=O) groups is 1. The van der Waals surface area contributed by atoms with Crippen LogP contribution in [0.2, 0.25) is 0 Å². The number of aliphatic hydroxyl groups is 1. The van der Waals surface area contributed by atoms with Gasteiger partial charge in [0.05, 0.1) is 12.7 Å². The molecule has 0 unspecified atom stereocenters. The molecular formula is C12H16N2O3. The minimum atomic E-state index is -0.417. The van der Waals surface area contributed by atoms with E-state index in [-0.39, 0.29) is 5.91 Å². The zero-order valence-corrected chi connectivity index (χ0v) is 9.72. The first-order valence-corrected chi connectivity index (χ1v) is 5.62. The molecule has 0 aromatic heterocycles. The van der Waals surface area contributed by atoms with Gasteiger partial charge in [-0.1, -0.05) is 6.07 Å². The van der Waals surface area contributed by atoms with Gasteiger partial charge in [0.1, 0.15) is 11.3 Å². The second-order valence-corrected chi connectivity index (χ2v) is 4.02. The lowest BCUT2D eigenvalue weighted by molar-refractivity contribution is 0.00574. The van der Waals surface area contributed by atoms with Gasteiger partial charge in [-0.25, -0.2) is 0 Å². The number of nitrogens with two attached hydrogens (primary N) is 1. The summed E-state index contributed by atoms with van der Waals surface area (Å²) in [5, 5.41) is 9.20. The predicted octanol–water partition coefficient (Wildman–Crippen LogP) is 0.484. The number of ether oxygens (including phenoxy) is 1. The predicted molar refractivity (Wildman–Crippen MR) is 63.9 cm³/mol. The van der Waals surface area contributed by atoms with Crippen LogP contribution in [0.25, 0.3) is 0 Å². The topological polar surface area (TPSA) is 75.8 Å². The Morgan fingerprint density at radius 1 is 1.59 bits per heavy atom. The quantitative estimate of drug-likeness (QED) is 0.749. The van der Waals surface area contributed by atoms with E-state index < -0.39 is 6.10 Å². The van der Waals surface area contributed by atoms with E-state index >= 15 is 0 Å². The Kier molecular flexibility index (Phi) is 3.19. The van der Waals surface area contributed by atoms with Gasteiger partial charge in [0.15, 0.2) is 0 Å². The Balaban J connectivity index is 2.26. The van der Waals surface area contributed by atoms with E-state index in [9.17, 15) is 9.90 Å². The number of β-amino-alcohol motifs (C(OH)–C–C–N with tert-alkyl or cyclic N) is 1. The number of nitrogen functional groups attached to an aromatic ring is 1. The summed E-state index contributed by atoms with van der Waals surface area (Å²) in [5.74, 6) is 0.315. The molecule has 3 N–H and O–H groups in total. The molecule has 5 nitrogen and oxygen atoms in total. The summed E-state index contributed by atoms with van der Waals surface area (Å²) < 4.78 is 5.39. The van der Waals surface area contributed by atoms with E-state index in [4.69, 9.17) is 10.5 Å². The first-order chi connectivity index (χ1) is 8.13. The monoisotopic (exact) mass is 236 g/mol. The van der Waals surface area contributed by atoms with E-state index in [1.54, 1.807) is 23.1 Å². The van der Waals surface area contributed by atoms with Crippen molar-refractivity contribution in [3.8, 4) is 5.75 Å². The van der Waals surface area contributed by atoms with Crippen molar-refractivity contribution in [2.75, 3.05) is 25.4 Å². The number of rotatable bonds is 3. The molecule has 5 heteroatoms. The Labute approximate surface area is 99.8 Å². The van der Waals surface area contributed by atoms with Crippen molar-refractivity contribution >= 4 is 11.6 Å². The van der Waals surface area contributed by atoms with E-state index in [2.05, 4.69) is 0 Å². The fraction of sp³-hybridized carbons (Fsp3) is 0.417. The van der Waals surface area contributed by atoms with Crippen LogP contribution in [0.15, 0.2) is 18.2 Å². The van der Waals surface area contributed by atoms with E-state index in [0.29, 0.717) is 36.7 Å². The molecule has 0 radical (unpaired) electrons. The van der Waals surface area contributed by atoms with Crippen molar-refractivity contribution in [2.24, 2.45) is 0 Å². The van der Waals surface area contributed by atoms with Crippen LogP contribution in [0, 0.1) is 0 Å². The van der Waals surface area contributed by atoms with Crippen molar-refractivity contribution in [3.63, 3.8) is 0 Å². The van der Waals surface area contributed by atoms with Crippen molar-refractivity contribution < 1.29 is 14.6 Å². The number of anilines is 1. The Hall–Kier alpha value is -1.75. The van der Waals surface area contributed by atoms with E-state index in [0.717, 1.165) is 0 Å². The molecule has 1 aromatic rings. The second-order valence-electron chi connectivity index (χ2n) is 4.02. The van der Waals surface area contributed by atoms with Crippen LogP contribution >= 0.6 is 0 Å². The minimum absolute atomic E-state index is 0.183. The first kappa shape index (κ1) is 11.7. The molecule has 0 aliphatic carbocycles. The zero-order chi connectivity index (χ0) is 12.4. The minimum Gasteiger partial charge on any atom is -0.493 e. The summed E-state index contributed by atoms with van der Waals surface area (Å²) in [6, 6.07) is 5.15. The fourth-order valence-electron chi connectivity index (χ4n) is 1.83. The number of amides is 1. The summed E-state index contributed by atoms with van der Waals surface area (Å²) in [7, 11) is 0. The fourth-order valence-corrected chi connectivity index (χ4v) is 1.83. The van der Waals surface area contributed by atoms with Gasteiger partial charge in [0, 0.05) is 18.8 Å². The van der Waals surface area contributed by atoms with Crippen molar-refractivity contribution in [3.05, 3.63) is 23.8 Å². The van der Waals surface area contributed by atoms with Gasteiger partial charge in [0.25, 0.3) is 5.91 Å². The molecule has 1 heterocycles. The lowest BCUT2D eigenvalue weighted by Gasteiger charge is -2.36.